The first-order chi connectivity index (χ1) is 28.3. The van der Waals surface area contributed by atoms with Crippen molar-refractivity contribution in [2.75, 3.05) is 0 Å². The van der Waals surface area contributed by atoms with Gasteiger partial charge in [-0.15, -0.1) is 11.3 Å². The van der Waals surface area contributed by atoms with Crippen LogP contribution < -0.4 is 0 Å². The molecule has 0 aliphatic heterocycles. The molecule has 57 heavy (non-hydrogen) atoms. The number of rotatable bonds is 5. The molecule has 0 aliphatic rings. The molecule has 0 saturated heterocycles. The molecule has 0 N–H and O–H groups in total. The summed E-state index contributed by atoms with van der Waals surface area (Å²) in [6.07, 6.45) is 1.87. The summed E-state index contributed by atoms with van der Waals surface area (Å²) in [6, 6.07) is 59.0. The van der Waals surface area contributed by atoms with Crippen LogP contribution in [-0.2, 0) is 0 Å². The average molecular weight is 748 g/mol. The lowest BCUT2D eigenvalue weighted by molar-refractivity contribution is 0.669. The van der Waals surface area contributed by atoms with Crippen LogP contribution in [0.5, 0.6) is 0 Å². The van der Waals surface area contributed by atoms with Gasteiger partial charge in [-0.1, -0.05) is 121 Å². The quantitative estimate of drug-likeness (QED) is 0.175. The molecule has 0 radical (unpaired) electrons. The Bertz CT molecular complexity index is 3530. The summed E-state index contributed by atoms with van der Waals surface area (Å²) in [7, 11) is 0. The zero-order chi connectivity index (χ0) is 37.5. The summed E-state index contributed by atoms with van der Waals surface area (Å²) in [5, 5.41) is 5.56. The molecule has 6 nitrogen and oxygen atoms in total. The summed E-state index contributed by atoms with van der Waals surface area (Å²) in [5.41, 5.74) is 11.1. The molecule has 5 aromatic heterocycles. The van der Waals surface area contributed by atoms with E-state index in [2.05, 4.69) is 108 Å². The Hall–Kier alpha value is -7.48. The maximum absolute atomic E-state index is 6.27. The minimum atomic E-state index is 0.589. The van der Waals surface area contributed by atoms with Crippen LogP contribution in [0.15, 0.2) is 180 Å². The van der Waals surface area contributed by atoms with Crippen LogP contribution in [0.25, 0.3) is 115 Å². The molecule has 7 aromatic carbocycles. The number of benzene rings is 7. The van der Waals surface area contributed by atoms with Gasteiger partial charge in [-0.05, 0) is 59.7 Å². The van der Waals surface area contributed by atoms with E-state index in [0.717, 1.165) is 65.5 Å². The SMILES string of the molecule is c1ccc(-c2nc(-c3ccnc4c3sc3c(-c5ccc6c(c5)c5ccccc5n6-c5ccccc5)cccc34)nc(-c3cccc4oc5ccccc5c34)n2)cc1. The highest BCUT2D eigenvalue weighted by Gasteiger charge is 2.21. The van der Waals surface area contributed by atoms with Gasteiger partial charge in [0.05, 0.1) is 21.3 Å². The van der Waals surface area contributed by atoms with E-state index < -0.39 is 0 Å². The Labute approximate surface area is 330 Å². The second kappa shape index (κ2) is 12.5. The third-order valence-corrected chi connectivity index (χ3v) is 12.2. The van der Waals surface area contributed by atoms with Crippen LogP contribution >= 0.6 is 11.3 Å². The van der Waals surface area contributed by atoms with Crippen molar-refractivity contribution < 1.29 is 4.42 Å². The molecule has 0 aliphatic carbocycles. The number of nitrogens with zero attached hydrogens (tertiary/aromatic N) is 5. The second-order valence-electron chi connectivity index (χ2n) is 14.2. The number of furan rings is 1. The van der Waals surface area contributed by atoms with Crippen molar-refractivity contribution in [2.45, 2.75) is 0 Å². The normalized spacial score (nSPS) is 11.9. The fourth-order valence-electron chi connectivity index (χ4n) is 8.37. The molecule has 5 heterocycles. The third-order valence-electron chi connectivity index (χ3n) is 10.9. The summed E-state index contributed by atoms with van der Waals surface area (Å²) in [5.74, 6) is 1.79. The van der Waals surface area contributed by atoms with E-state index in [1.54, 1.807) is 11.3 Å². The van der Waals surface area contributed by atoms with Gasteiger partial charge in [0.1, 0.15) is 11.2 Å². The standard InChI is InChI=1S/C50H29N5OS/c1-3-13-30(14-4-1)48-52-49(36-20-12-24-43-44(36)35-18-8-10-23-42(35)56-43)54-50(53-48)38-27-28-51-45-37-21-11-19-33(46(37)57-47(38)45)31-25-26-41-39(29-31)34-17-7-9-22-40(34)55(41)32-15-5-2-6-16-32/h1-29H. The predicted octanol–water partition coefficient (Wildman–Crippen LogP) is 13.3. The first-order valence-electron chi connectivity index (χ1n) is 18.9. The highest BCUT2D eigenvalue weighted by molar-refractivity contribution is 7.26. The van der Waals surface area contributed by atoms with Gasteiger partial charge in [0.2, 0.25) is 0 Å². The first kappa shape index (κ1) is 31.8. The van der Waals surface area contributed by atoms with Crippen molar-refractivity contribution in [1.29, 1.82) is 0 Å². The summed E-state index contributed by atoms with van der Waals surface area (Å²) >= 11 is 1.74. The molecule has 0 unspecified atom stereocenters. The maximum atomic E-state index is 6.27. The molecule has 7 heteroatoms. The lowest BCUT2D eigenvalue weighted by Gasteiger charge is -2.09. The lowest BCUT2D eigenvalue weighted by atomic mass is 10.0. The van der Waals surface area contributed by atoms with Gasteiger partial charge in [0, 0.05) is 60.2 Å². The molecule has 0 bridgehead atoms. The van der Waals surface area contributed by atoms with Crippen LogP contribution in [0, 0.1) is 0 Å². The van der Waals surface area contributed by atoms with Crippen molar-refractivity contribution in [2.24, 2.45) is 0 Å². The zero-order valence-corrected chi connectivity index (χ0v) is 31.1. The number of pyridine rings is 1. The summed E-state index contributed by atoms with van der Waals surface area (Å²) < 4.78 is 10.8. The monoisotopic (exact) mass is 747 g/mol. The summed E-state index contributed by atoms with van der Waals surface area (Å²) in [6.45, 7) is 0. The van der Waals surface area contributed by atoms with Gasteiger partial charge in [-0.3, -0.25) is 4.98 Å². The van der Waals surface area contributed by atoms with Gasteiger partial charge in [-0.2, -0.15) is 0 Å². The van der Waals surface area contributed by atoms with Gasteiger partial charge >= 0.3 is 0 Å². The Balaban J connectivity index is 1.06. The Morgan fingerprint density at radius 2 is 1.11 bits per heavy atom. The van der Waals surface area contributed by atoms with Crippen molar-refractivity contribution in [1.82, 2.24) is 24.5 Å². The van der Waals surface area contributed by atoms with Crippen LogP contribution in [0.1, 0.15) is 0 Å². The van der Waals surface area contributed by atoms with E-state index in [9.17, 15) is 0 Å². The number of para-hydroxylation sites is 3. The highest BCUT2D eigenvalue weighted by Crippen LogP contribution is 2.44. The highest BCUT2D eigenvalue weighted by atomic mass is 32.1. The smallest absolute Gasteiger partial charge is 0.165 e. The van der Waals surface area contributed by atoms with Gasteiger partial charge in [0.15, 0.2) is 17.5 Å². The minimum Gasteiger partial charge on any atom is -0.456 e. The predicted molar refractivity (Wildman–Crippen MR) is 234 cm³/mol. The molecule has 12 aromatic rings. The topological polar surface area (TPSA) is 69.6 Å². The van der Waals surface area contributed by atoms with E-state index in [4.69, 9.17) is 24.4 Å². The molecule has 0 spiro atoms. The third kappa shape index (κ3) is 4.96. The molecular formula is C50H29N5OS. The van der Waals surface area contributed by atoms with Crippen LogP contribution in [-0.4, -0.2) is 24.5 Å². The Morgan fingerprint density at radius 3 is 1.98 bits per heavy atom. The van der Waals surface area contributed by atoms with E-state index in [1.165, 1.54) is 32.1 Å². The van der Waals surface area contributed by atoms with Crippen molar-refractivity contribution in [3.05, 3.63) is 176 Å². The van der Waals surface area contributed by atoms with Gasteiger partial charge in [0.25, 0.3) is 0 Å². The molecular weight excluding hydrogens is 719 g/mol. The van der Waals surface area contributed by atoms with E-state index >= 15 is 0 Å². The molecule has 12 rings (SSSR count). The van der Waals surface area contributed by atoms with Crippen molar-refractivity contribution >= 4 is 75.4 Å². The van der Waals surface area contributed by atoms with Gasteiger partial charge in [-0.25, -0.2) is 15.0 Å². The average Bonchev–Trinajstić information content (AvgIpc) is 3.96. The fraction of sp³-hybridized carbons (Fsp3) is 0. The van der Waals surface area contributed by atoms with E-state index in [0.29, 0.717) is 17.5 Å². The Morgan fingerprint density at radius 1 is 0.439 bits per heavy atom. The van der Waals surface area contributed by atoms with Crippen LogP contribution in [0.3, 0.4) is 0 Å². The number of thiophene rings is 1. The minimum absolute atomic E-state index is 0.589. The number of aromatic nitrogens is 5. The lowest BCUT2D eigenvalue weighted by Crippen LogP contribution is -2.00. The second-order valence-corrected chi connectivity index (χ2v) is 15.2. The molecule has 0 amide bonds. The first-order valence-corrected chi connectivity index (χ1v) is 19.7. The van der Waals surface area contributed by atoms with Crippen LogP contribution in [0.4, 0.5) is 0 Å². The molecule has 266 valence electrons. The summed E-state index contributed by atoms with van der Waals surface area (Å²) in [4.78, 5) is 20.5. The molecule has 0 fully saturated rings. The van der Waals surface area contributed by atoms with Crippen LogP contribution in [0.2, 0.25) is 0 Å². The van der Waals surface area contributed by atoms with Crippen molar-refractivity contribution in [3.63, 3.8) is 0 Å². The number of fused-ring (bicyclic) bond motifs is 9. The van der Waals surface area contributed by atoms with Gasteiger partial charge < -0.3 is 8.98 Å². The number of hydrogen-bond acceptors (Lipinski definition) is 6. The largest absolute Gasteiger partial charge is 0.456 e. The zero-order valence-electron chi connectivity index (χ0n) is 30.3. The Kier molecular flexibility index (Phi) is 7.00. The maximum Gasteiger partial charge on any atom is 0.165 e. The van der Waals surface area contributed by atoms with Crippen molar-refractivity contribution in [3.8, 4) is 51.0 Å². The fourth-order valence-corrected chi connectivity index (χ4v) is 9.68. The molecule has 0 saturated carbocycles. The van der Waals surface area contributed by atoms with E-state index in [1.807, 2.05) is 72.9 Å². The van der Waals surface area contributed by atoms with E-state index in [-0.39, 0.29) is 0 Å². The number of hydrogen-bond donors (Lipinski definition) is 0. The molecule has 0 atom stereocenters.